The SMILES string of the molecule is Cc1cc(NC(=S)Nc2ccc(F)cc2Cl)ccc1Br. The number of hydrogen-bond donors (Lipinski definition) is 2. The maximum atomic E-state index is 12.9. The van der Waals surface area contributed by atoms with Gasteiger partial charge >= 0.3 is 0 Å². The molecule has 0 radical (unpaired) electrons. The molecule has 0 spiro atoms. The van der Waals surface area contributed by atoms with Crippen LogP contribution in [0.25, 0.3) is 0 Å². The van der Waals surface area contributed by atoms with Crippen LogP contribution < -0.4 is 10.6 Å². The Hall–Kier alpha value is -1.17. The number of aryl methyl sites for hydroxylation is 1. The molecule has 0 aliphatic carbocycles. The highest BCUT2D eigenvalue weighted by Gasteiger charge is 2.05. The van der Waals surface area contributed by atoms with Crippen LogP contribution in [0.15, 0.2) is 40.9 Å². The Morgan fingerprint density at radius 1 is 1.20 bits per heavy atom. The minimum absolute atomic E-state index is 0.279. The van der Waals surface area contributed by atoms with Gasteiger partial charge in [0.1, 0.15) is 5.82 Å². The van der Waals surface area contributed by atoms with Gasteiger partial charge in [-0.3, -0.25) is 0 Å². The van der Waals surface area contributed by atoms with Crippen LogP contribution in [0.4, 0.5) is 15.8 Å². The minimum Gasteiger partial charge on any atom is -0.332 e. The molecule has 0 saturated heterocycles. The monoisotopic (exact) mass is 372 g/mol. The maximum Gasteiger partial charge on any atom is 0.175 e. The molecule has 0 saturated carbocycles. The van der Waals surface area contributed by atoms with E-state index in [0.717, 1.165) is 15.7 Å². The van der Waals surface area contributed by atoms with Crippen molar-refractivity contribution >= 4 is 56.2 Å². The highest BCUT2D eigenvalue weighted by Crippen LogP contribution is 2.23. The molecule has 2 aromatic rings. The van der Waals surface area contributed by atoms with Gasteiger partial charge < -0.3 is 10.6 Å². The van der Waals surface area contributed by atoms with Crippen molar-refractivity contribution < 1.29 is 4.39 Å². The molecule has 2 rings (SSSR count). The van der Waals surface area contributed by atoms with Crippen molar-refractivity contribution in [2.75, 3.05) is 10.6 Å². The van der Waals surface area contributed by atoms with Crippen molar-refractivity contribution in [2.45, 2.75) is 6.92 Å². The average Bonchev–Trinajstić information content (AvgIpc) is 2.37. The molecule has 0 fully saturated rings. The molecule has 20 heavy (non-hydrogen) atoms. The van der Waals surface area contributed by atoms with Gasteiger partial charge in [0.2, 0.25) is 0 Å². The Morgan fingerprint density at radius 3 is 2.60 bits per heavy atom. The van der Waals surface area contributed by atoms with Crippen LogP contribution in [0, 0.1) is 12.7 Å². The van der Waals surface area contributed by atoms with E-state index in [1.165, 1.54) is 12.1 Å². The van der Waals surface area contributed by atoms with E-state index in [0.29, 0.717) is 10.8 Å². The van der Waals surface area contributed by atoms with Crippen LogP contribution in [0.2, 0.25) is 5.02 Å². The number of anilines is 2. The first kappa shape index (κ1) is 15.2. The van der Waals surface area contributed by atoms with Gasteiger partial charge in [0.25, 0.3) is 0 Å². The minimum atomic E-state index is -0.386. The topological polar surface area (TPSA) is 24.1 Å². The Morgan fingerprint density at radius 2 is 1.95 bits per heavy atom. The normalized spacial score (nSPS) is 10.2. The number of benzene rings is 2. The third kappa shape index (κ3) is 3.91. The first-order valence-electron chi connectivity index (χ1n) is 5.75. The van der Waals surface area contributed by atoms with E-state index in [2.05, 4.69) is 26.6 Å². The molecule has 0 unspecified atom stereocenters. The Labute approximate surface area is 135 Å². The summed E-state index contributed by atoms with van der Waals surface area (Å²) >= 11 is 14.6. The molecule has 0 amide bonds. The molecule has 0 heterocycles. The molecule has 104 valence electrons. The number of rotatable bonds is 2. The lowest BCUT2D eigenvalue weighted by molar-refractivity contribution is 0.628. The smallest absolute Gasteiger partial charge is 0.175 e. The lowest BCUT2D eigenvalue weighted by Gasteiger charge is -2.12. The van der Waals surface area contributed by atoms with E-state index in [-0.39, 0.29) is 10.8 Å². The second kappa shape index (κ2) is 6.52. The first-order valence-corrected chi connectivity index (χ1v) is 7.33. The van der Waals surface area contributed by atoms with Gasteiger partial charge in [0.15, 0.2) is 5.11 Å². The zero-order valence-electron chi connectivity index (χ0n) is 10.5. The maximum absolute atomic E-state index is 12.9. The lowest BCUT2D eigenvalue weighted by Crippen LogP contribution is -2.19. The van der Waals surface area contributed by atoms with E-state index in [4.69, 9.17) is 23.8 Å². The van der Waals surface area contributed by atoms with Gasteiger partial charge in [-0.1, -0.05) is 27.5 Å². The number of hydrogen-bond acceptors (Lipinski definition) is 1. The zero-order chi connectivity index (χ0) is 14.7. The molecular weight excluding hydrogens is 363 g/mol. The molecule has 0 bridgehead atoms. The number of thiocarbonyl (C=S) groups is 1. The Bertz CT molecular complexity index is 664. The van der Waals surface area contributed by atoms with E-state index in [1.54, 1.807) is 6.07 Å². The summed E-state index contributed by atoms with van der Waals surface area (Å²) in [6, 6.07) is 9.89. The predicted molar refractivity (Wildman–Crippen MR) is 90.1 cm³/mol. The van der Waals surface area contributed by atoms with E-state index < -0.39 is 0 Å². The summed E-state index contributed by atoms with van der Waals surface area (Å²) in [5, 5.41) is 6.65. The molecule has 0 aromatic heterocycles. The zero-order valence-corrected chi connectivity index (χ0v) is 13.7. The third-order valence-electron chi connectivity index (χ3n) is 2.60. The van der Waals surface area contributed by atoms with Crippen LogP contribution in [0.3, 0.4) is 0 Å². The lowest BCUT2D eigenvalue weighted by atomic mass is 10.2. The fourth-order valence-corrected chi connectivity index (χ4v) is 2.29. The van der Waals surface area contributed by atoms with Crippen LogP contribution in [0.1, 0.15) is 5.56 Å². The largest absolute Gasteiger partial charge is 0.332 e. The average molecular weight is 374 g/mol. The molecule has 0 atom stereocenters. The van der Waals surface area contributed by atoms with Crippen LogP contribution >= 0.6 is 39.7 Å². The summed E-state index contributed by atoms with van der Waals surface area (Å²) < 4.78 is 14.0. The summed E-state index contributed by atoms with van der Waals surface area (Å²) in [6.07, 6.45) is 0. The quantitative estimate of drug-likeness (QED) is 0.693. The van der Waals surface area contributed by atoms with Gasteiger partial charge in [0.05, 0.1) is 10.7 Å². The first-order chi connectivity index (χ1) is 9.45. The number of nitrogens with one attached hydrogen (secondary N) is 2. The van der Waals surface area contributed by atoms with Gasteiger partial charge in [-0.2, -0.15) is 0 Å². The van der Waals surface area contributed by atoms with E-state index in [9.17, 15) is 4.39 Å². The van der Waals surface area contributed by atoms with Crippen molar-refractivity contribution in [3.63, 3.8) is 0 Å². The van der Waals surface area contributed by atoms with Gasteiger partial charge in [-0.25, -0.2) is 4.39 Å². The van der Waals surface area contributed by atoms with Crippen LogP contribution in [0.5, 0.6) is 0 Å². The van der Waals surface area contributed by atoms with E-state index in [1.807, 2.05) is 25.1 Å². The molecule has 0 aliphatic rings. The highest BCUT2D eigenvalue weighted by molar-refractivity contribution is 9.10. The summed E-state index contributed by atoms with van der Waals surface area (Å²) in [6.45, 7) is 1.99. The molecule has 2 nitrogen and oxygen atoms in total. The second-order valence-corrected chi connectivity index (χ2v) is 5.84. The third-order valence-corrected chi connectivity index (χ3v) is 4.00. The molecule has 2 aromatic carbocycles. The number of halogens is 3. The summed E-state index contributed by atoms with van der Waals surface area (Å²) in [5.74, 6) is -0.386. The van der Waals surface area contributed by atoms with Gasteiger partial charge in [-0.05, 0) is 61.1 Å². The van der Waals surface area contributed by atoms with Gasteiger partial charge in [-0.15, -0.1) is 0 Å². The van der Waals surface area contributed by atoms with Crippen LogP contribution in [-0.2, 0) is 0 Å². The van der Waals surface area contributed by atoms with Crippen molar-refractivity contribution in [3.05, 3.63) is 57.3 Å². The second-order valence-electron chi connectivity index (χ2n) is 4.17. The molecule has 2 N–H and O–H groups in total. The summed E-state index contributed by atoms with van der Waals surface area (Å²) in [5.41, 5.74) is 2.51. The fourth-order valence-electron chi connectivity index (χ4n) is 1.60. The summed E-state index contributed by atoms with van der Waals surface area (Å²) in [7, 11) is 0. The van der Waals surface area contributed by atoms with Crippen LogP contribution in [-0.4, -0.2) is 5.11 Å². The van der Waals surface area contributed by atoms with E-state index >= 15 is 0 Å². The van der Waals surface area contributed by atoms with Crippen molar-refractivity contribution in [1.29, 1.82) is 0 Å². The summed E-state index contributed by atoms with van der Waals surface area (Å²) in [4.78, 5) is 0. The highest BCUT2D eigenvalue weighted by atomic mass is 79.9. The van der Waals surface area contributed by atoms with Gasteiger partial charge in [0, 0.05) is 10.2 Å². The molecule has 0 aliphatic heterocycles. The van der Waals surface area contributed by atoms with Crippen molar-refractivity contribution in [2.24, 2.45) is 0 Å². The Kier molecular flexibility index (Phi) is 4.96. The standard InChI is InChI=1S/C14H11BrClFN2S/c1-8-6-10(3-4-11(8)15)18-14(20)19-13-5-2-9(17)7-12(13)16/h2-7H,1H3,(H2,18,19,20). The predicted octanol–water partition coefficient (Wildman–Crippen LogP) is 5.36. The molecule has 6 heteroatoms. The van der Waals surface area contributed by atoms with Crippen molar-refractivity contribution in [3.8, 4) is 0 Å². The van der Waals surface area contributed by atoms with Crippen molar-refractivity contribution in [1.82, 2.24) is 0 Å². The fraction of sp³-hybridized carbons (Fsp3) is 0.0714. The Balaban J connectivity index is 2.07. The molecular formula is C14H11BrClFN2S.